The van der Waals surface area contributed by atoms with Gasteiger partial charge in [0, 0.05) is 39.5 Å². The fourth-order valence-corrected chi connectivity index (χ4v) is 2.44. The van der Waals surface area contributed by atoms with Crippen LogP contribution in [-0.4, -0.2) is 66.9 Å². The molecule has 1 unspecified atom stereocenters. The summed E-state index contributed by atoms with van der Waals surface area (Å²) in [5, 5.41) is 8.09. The van der Waals surface area contributed by atoms with Gasteiger partial charge in [-0.3, -0.25) is 9.59 Å². The topological polar surface area (TPSA) is 84.9 Å². The predicted molar refractivity (Wildman–Crippen MR) is 87.8 cm³/mol. The molecule has 1 atom stereocenters. The second-order valence-corrected chi connectivity index (χ2v) is 5.80. The Balaban J connectivity index is 1.78. The van der Waals surface area contributed by atoms with Crippen LogP contribution in [0, 0.1) is 0 Å². The maximum atomic E-state index is 12.1. The van der Waals surface area contributed by atoms with Crippen molar-refractivity contribution in [2.24, 2.45) is 0 Å². The number of rotatable bonds is 7. The Kier molecular flexibility index (Phi) is 6.34. The van der Waals surface area contributed by atoms with Crippen molar-refractivity contribution in [1.82, 2.24) is 15.1 Å². The summed E-state index contributed by atoms with van der Waals surface area (Å²) in [6, 6.07) is 3.60. The van der Waals surface area contributed by atoms with Crippen LogP contribution in [0.3, 0.4) is 0 Å². The largest absolute Gasteiger partial charge is 0.471 e. The van der Waals surface area contributed by atoms with Gasteiger partial charge in [0.1, 0.15) is 6.10 Å². The zero-order chi connectivity index (χ0) is 17.5. The molecule has 0 aliphatic carbocycles. The number of anilines is 1. The van der Waals surface area contributed by atoms with Gasteiger partial charge < -0.3 is 19.3 Å². The van der Waals surface area contributed by atoms with Gasteiger partial charge in [0.2, 0.25) is 11.8 Å². The molecule has 1 amide bonds. The molecule has 1 aliphatic heterocycles. The summed E-state index contributed by atoms with van der Waals surface area (Å²) in [6.45, 7) is 3.20. The third-order valence-corrected chi connectivity index (χ3v) is 3.72. The van der Waals surface area contributed by atoms with E-state index in [1.807, 2.05) is 25.1 Å². The highest BCUT2D eigenvalue weighted by Gasteiger charge is 2.28. The van der Waals surface area contributed by atoms with Crippen LogP contribution in [0.5, 0.6) is 5.88 Å². The second-order valence-electron chi connectivity index (χ2n) is 5.80. The number of likely N-dealkylation sites (tertiary alicyclic amines) is 1. The Morgan fingerprint density at radius 3 is 2.71 bits per heavy atom. The van der Waals surface area contributed by atoms with Gasteiger partial charge in [-0.25, -0.2) is 0 Å². The number of ether oxygens (including phenoxy) is 2. The minimum Gasteiger partial charge on any atom is -0.471 e. The molecule has 0 saturated carbocycles. The zero-order valence-corrected chi connectivity index (χ0v) is 14.4. The second kappa shape index (κ2) is 8.47. The summed E-state index contributed by atoms with van der Waals surface area (Å²) in [5.74, 6) is 0.813. The number of nitrogens with zero attached hydrogens (tertiary/aromatic N) is 4. The quantitative estimate of drug-likeness (QED) is 0.683. The van der Waals surface area contributed by atoms with Crippen molar-refractivity contribution in [1.29, 1.82) is 0 Å². The van der Waals surface area contributed by atoms with Gasteiger partial charge in [-0.1, -0.05) is 0 Å². The number of amides is 1. The third kappa shape index (κ3) is 5.07. The van der Waals surface area contributed by atoms with Crippen molar-refractivity contribution in [3.8, 4) is 5.88 Å². The Labute approximate surface area is 141 Å². The van der Waals surface area contributed by atoms with Crippen molar-refractivity contribution >= 4 is 17.7 Å². The molecule has 1 aromatic rings. The Hall–Kier alpha value is -2.38. The predicted octanol–water partition coefficient (Wildman–Crippen LogP) is 0.866. The van der Waals surface area contributed by atoms with Crippen molar-refractivity contribution in [2.45, 2.75) is 32.3 Å². The normalized spacial score (nSPS) is 16.8. The van der Waals surface area contributed by atoms with Gasteiger partial charge in [-0.05, 0) is 13.0 Å². The molecule has 1 fully saturated rings. The fraction of sp³-hybridized carbons (Fsp3) is 0.625. The van der Waals surface area contributed by atoms with Gasteiger partial charge >= 0.3 is 5.97 Å². The lowest BCUT2D eigenvalue weighted by Crippen LogP contribution is -2.31. The zero-order valence-electron chi connectivity index (χ0n) is 14.4. The Morgan fingerprint density at radius 2 is 2.08 bits per heavy atom. The molecule has 0 aromatic carbocycles. The van der Waals surface area contributed by atoms with Crippen LogP contribution in [0.4, 0.5) is 5.82 Å². The van der Waals surface area contributed by atoms with Gasteiger partial charge in [0.25, 0.3) is 0 Å². The molecule has 0 radical (unpaired) electrons. The molecule has 1 saturated heterocycles. The number of carbonyl (C=O) groups excluding carboxylic acids is 2. The summed E-state index contributed by atoms with van der Waals surface area (Å²) >= 11 is 0. The van der Waals surface area contributed by atoms with E-state index in [-0.39, 0.29) is 30.8 Å². The maximum Gasteiger partial charge on any atom is 0.306 e. The molecule has 2 rings (SSSR count). The van der Waals surface area contributed by atoms with Gasteiger partial charge in [0.05, 0.1) is 19.6 Å². The molecule has 1 aromatic heterocycles. The van der Waals surface area contributed by atoms with Gasteiger partial charge in [0.15, 0.2) is 5.82 Å². The number of hydrogen-bond acceptors (Lipinski definition) is 7. The maximum absolute atomic E-state index is 12.1. The van der Waals surface area contributed by atoms with Crippen LogP contribution in [0.25, 0.3) is 0 Å². The lowest BCUT2D eigenvalue weighted by molar-refractivity contribution is -0.145. The first-order valence-corrected chi connectivity index (χ1v) is 8.10. The summed E-state index contributed by atoms with van der Waals surface area (Å²) < 4.78 is 10.6. The number of esters is 1. The average molecular weight is 336 g/mol. The summed E-state index contributed by atoms with van der Waals surface area (Å²) in [5.41, 5.74) is 0. The highest BCUT2D eigenvalue weighted by molar-refractivity contribution is 5.81. The monoisotopic (exact) mass is 336 g/mol. The smallest absolute Gasteiger partial charge is 0.306 e. The molecule has 2 heterocycles. The number of carbonyl (C=O) groups is 2. The van der Waals surface area contributed by atoms with Crippen LogP contribution < -0.4 is 9.64 Å². The van der Waals surface area contributed by atoms with E-state index >= 15 is 0 Å². The molecule has 24 heavy (non-hydrogen) atoms. The van der Waals surface area contributed by atoms with E-state index in [4.69, 9.17) is 9.47 Å². The molecule has 0 bridgehead atoms. The first-order chi connectivity index (χ1) is 11.5. The van der Waals surface area contributed by atoms with Crippen LogP contribution in [0.1, 0.15) is 26.2 Å². The molecule has 8 nitrogen and oxygen atoms in total. The lowest BCUT2D eigenvalue weighted by atomic mass is 10.3. The van der Waals surface area contributed by atoms with E-state index in [2.05, 4.69) is 10.2 Å². The summed E-state index contributed by atoms with van der Waals surface area (Å²) in [6.07, 6.45) is 0.924. The number of aromatic nitrogens is 2. The fourth-order valence-electron chi connectivity index (χ4n) is 2.44. The molecular weight excluding hydrogens is 312 g/mol. The standard InChI is InChI=1S/C16H24N4O4/c1-4-23-16(22)8-7-15(21)20-10-9-12(11-20)24-14-6-5-13(17-18-14)19(2)3/h5-6,12H,4,7-11H2,1-3H3. The van der Waals surface area contributed by atoms with Crippen LogP contribution >= 0.6 is 0 Å². The molecule has 1 aliphatic rings. The number of hydrogen-bond donors (Lipinski definition) is 0. The first kappa shape index (κ1) is 18.0. The summed E-state index contributed by atoms with van der Waals surface area (Å²) in [4.78, 5) is 27.0. The van der Waals surface area contributed by atoms with Crippen molar-refractivity contribution in [2.75, 3.05) is 38.7 Å². The molecular formula is C16H24N4O4. The summed E-state index contributed by atoms with van der Waals surface area (Å²) in [7, 11) is 3.78. The Bertz CT molecular complexity index is 562. The first-order valence-electron chi connectivity index (χ1n) is 8.10. The molecule has 8 heteroatoms. The van der Waals surface area contributed by atoms with Crippen molar-refractivity contribution in [3.63, 3.8) is 0 Å². The minimum absolute atomic E-state index is 0.0526. The van der Waals surface area contributed by atoms with E-state index in [0.29, 0.717) is 25.6 Å². The Morgan fingerprint density at radius 1 is 1.29 bits per heavy atom. The van der Waals surface area contributed by atoms with Crippen LogP contribution in [-0.2, 0) is 14.3 Å². The minimum atomic E-state index is -0.339. The van der Waals surface area contributed by atoms with Crippen LogP contribution in [0.15, 0.2) is 12.1 Å². The van der Waals surface area contributed by atoms with Crippen molar-refractivity contribution < 1.29 is 19.1 Å². The van der Waals surface area contributed by atoms with E-state index in [1.165, 1.54) is 0 Å². The lowest BCUT2D eigenvalue weighted by Gasteiger charge is -2.17. The van der Waals surface area contributed by atoms with Gasteiger partial charge in [-0.2, -0.15) is 0 Å². The highest BCUT2D eigenvalue weighted by atomic mass is 16.5. The molecule has 0 N–H and O–H groups in total. The molecule has 0 spiro atoms. The van der Waals surface area contributed by atoms with E-state index in [9.17, 15) is 9.59 Å². The highest BCUT2D eigenvalue weighted by Crippen LogP contribution is 2.18. The van der Waals surface area contributed by atoms with Gasteiger partial charge in [-0.15, -0.1) is 10.2 Å². The van der Waals surface area contributed by atoms with Crippen molar-refractivity contribution in [3.05, 3.63) is 12.1 Å². The van der Waals surface area contributed by atoms with E-state index in [1.54, 1.807) is 17.9 Å². The van der Waals surface area contributed by atoms with E-state index in [0.717, 1.165) is 12.2 Å². The molecule has 132 valence electrons. The third-order valence-electron chi connectivity index (χ3n) is 3.72. The average Bonchev–Trinajstić information content (AvgIpc) is 3.02. The SMILES string of the molecule is CCOC(=O)CCC(=O)N1CCC(Oc2ccc(N(C)C)nn2)C1. The van der Waals surface area contributed by atoms with Crippen LogP contribution in [0.2, 0.25) is 0 Å². The van der Waals surface area contributed by atoms with E-state index < -0.39 is 0 Å².